The van der Waals surface area contributed by atoms with E-state index >= 15 is 0 Å². The van der Waals surface area contributed by atoms with Gasteiger partial charge in [-0.25, -0.2) is 13.2 Å². The van der Waals surface area contributed by atoms with E-state index in [1.54, 1.807) is 12.1 Å². The van der Waals surface area contributed by atoms with Crippen molar-refractivity contribution < 1.29 is 22.4 Å². The molecule has 0 aliphatic heterocycles. The lowest BCUT2D eigenvalue weighted by molar-refractivity contribution is -0.116. The highest BCUT2D eigenvalue weighted by atomic mass is 19.2. The smallest absolute Gasteiger partial charge is 0.250 e. The molecule has 0 aliphatic carbocycles. The van der Waals surface area contributed by atoms with Crippen LogP contribution in [0.3, 0.4) is 0 Å². The van der Waals surface area contributed by atoms with E-state index in [-0.39, 0.29) is 35.9 Å². The van der Waals surface area contributed by atoms with Gasteiger partial charge in [0.05, 0.1) is 5.56 Å². The van der Waals surface area contributed by atoms with Crippen molar-refractivity contribution in [3.05, 3.63) is 65.8 Å². The minimum Gasteiger partial charge on any atom is -0.421 e. The Hall–Kier alpha value is -3.16. The van der Waals surface area contributed by atoms with Gasteiger partial charge in [0.2, 0.25) is 11.8 Å². The lowest BCUT2D eigenvalue weighted by Gasteiger charge is -2.04. The predicted molar refractivity (Wildman–Crippen MR) is 83.0 cm³/mol. The molecule has 5 nitrogen and oxygen atoms in total. The van der Waals surface area contributed by atoms with Crippen molar-refractivity contribution in [2.45, 2.75) is 12.8 Å². The molecule has 0 saturated heterocycles. The van der Waals surface area contributed by atoms with E-state index in [4.69, 9.17) is 4.42 Å². The van der Waals surface area contributed by atoms with Gasteiger partial charge in [-0.05, 0) is 24.3 Å². The first-order valence-corrected chi connectivity index (χ1v) is 7.35. The molecule has 1 amide bonds. The van der Waals surface area contributed by atoms with Crippen molar-refractivity contribution in [2.75, 3.05) is 5.32 Å². The number of aryl methyl sites for hydroxylation is 1. The fraction of sp³-hybridized carbons (Fsp3) is 0.118. The van der Waals surface area contributed by atoms with Gasteiger partial charge in [0.1, 0.15) is 5.82 Å². The molecule has 0 atom stereocenters. The summed E-state index contributed by atoms with van der Waals surface area (Å²) in [5.74, 6) is -2.79. The van der Waals surface area contributed by atoms with Gasteiger partial charge in [-0.15, -0.1) is 10.2 Å². The minimum absolute atomic E-state index is 0.0160. The Kier molecular flexibility index (Phi) is 4.78. The summed E-state index contributed by atoms with van der Waals surface area (Å²) >= 11 is 0. The number of amides is 1. The van der Waals surface area contributed by atoms with Gasteiger partial charge in [-0.3, -0.25) is 4.79 Å². The lowest BCUT2D eigenvalue weighted by atomic mass is 10.2. The number of rotatable bonds is 5. The number of nitrogens with zero attached hydrogens (tertiary/aromatic N) is 2. The molecule has 3 rings (SSSR count). The van der Waals surface area contributed by atoms with Gasteiger partial charge in [0, 0.05) is 24.6 Å². The fourth-order valence-corrected chi connectivity index (χ4v) is 2.12. The molecule has 0 aliphatic rings. The van der Waals surface area contributed by atoms with Gasteiger partial charge in [0.15, 0.2) is 11.6 Å². The minimum atomic E-state index is -1.05. The molecule has 128 valence electrons. The lowest BCUT2D eigenvalue weighted by Crippen LogP contribution is -2.12. The van der Waals surface area contributed by atoms with Crippen LogP contribution in [0.25, 0.3) is 11.5 Å². The number of anilines is 1. The molecule has 3 aromatic rings. The third-order valence-corrected chi connectivity index (χ3v) is 3.34. The molecule has 0 spiro atoms. The molecule has 8 heteroatoms. The summed E-state index contributed by atoms with van der Waals surface area (Å²) in [5.41, 5.74) is 0.314. The molecule has 1 aromatic heterocycles. The average Bonchev–Trinajstić information content (AvgIpc) is 3.05. The van der Waals surface area contributed by atoms with Crippen LogP contribution in [-0.2, 0) is 11.2 Å². The highest BCUT2D eigenvalue weighted by molar-refractivity contribution is 5.90. The maximum absolute atomic E-state index is 13.7. The molecule has 0 radical (unpaired) electrons. The van der Waals surface area contributed by atoms with Crippen LogP contribution in [0, 0.1) is 17.5 Å². The highest BCUT2D eigenvalue weighted by Gasteiger charge is 2.14. The van der Waals surface area contributed by atoms with Gasteiger partial charge in [-0.2, -0.15) is 0 Å². The SMILES string of the molecule is O=C(CCc1nnc(-c2ccccc2F)o1)Nc1ccc(F)c(F)c1. The second-order valence-electron chi connectivity index (χ2n) is 5.16. The summed E-state index contributed by atoms with van der Waals surface area (Å²) in [6, 6.07) is 9.01. The van der Waals surface area contributed by atoms with E-state index in [2.05, 4.69) is 15.5 Å². The van der Waals surface area contributed by atoms with Crippen LogP contribution in [0.15, 0.2) is 46.9 Å². The second kappa shape index (κ2) is 7.16. The van der Waals surface area contributed by atoms with Crippen LogP contribution in [0.1, 0.15) is 12.3 Å². The zero-order chi connectivity index (χ0) is 17.8. The van der Waals surface area contributed by atoms with Crippen molar-refractivity contribution >= 4 is 11.6 Å². The Bertz CT molecular complexity index is 912. The van der Waals surface area contributed by atoms with E-state index in [1.165, 1.54) is 18.2 Å². The van der Waals surface area contributed by atoms with Gasteiger partial charge >= 0.3 is 0 Å². The first-order valence-electron chi connectivity index (χ1n) is 7.35. The normalized spacial score (nSPS) is 10.7. The third kappa shape index (κ3) is 4.03. The quantitative estimate of drug-likeness (QED) is 0.764. The summed E-state index contributed by atoms with van der Waals surface area (Å²) < 4.78 is 44.9. The number of nitrogens with one attached hydrogen (secondary N) is 1. The number of halogens is 3. The van der Waals surface area contributed by atoms with E-state index in [0.717, 1.165) is 12.1 Å². The third-order valence-electron chi connectivity index (χ3n) is 3.34. The highest BCUT2D eigenvalue weighted by Crippen LogP contribution is 2.21. The molecule has 1 heterocycles. The zero-order valence-electron chi connectivity index (χ0n) is 12.8. The number of hydrogen-bond donors (Lipinski definition) is 1. The summed E-state index contributed by atoms with van der Waals surface area (Å²) in [5, 5.41) is 9.95. The number of aromatic nitrogens is 2. The molecule has 0 unspecified atom stereocenters. The van der Waals surface area contributed by atoms with Crippen molar-refractivity contribution in [2.24, 2.45) is 0 Å². The second-order valence-corrected chi connectivity index (χ2v) is 5.16. The van der Waals surface area contributed by atoms with Gasteiger partial charge < -0.3 is 9.73 Å². The van der Waals surface area contributed by atoms with Crippen LogP contribution in [0.4, 0.5) is 18.9 Å². The van der Waals surface area contributed by atoms with Gasteiger partial charge in [-0.1, -0.05) is 12.1 Å². The Morgan fingerprint density at radius 3 is 2.56 bits per heavy atom. The zero-order valence-corrected chi connectivity index (χ0v) is 12.8. The largest absolute Gasteiger partial charge is 0.421 e. The number of hydrogen-bond acceptors (Lipinski definition) is 4. The van der Waals surface area contributed by atoms with E-state index in [0.29, 0.717) is 0 Å². The molecule has 0 fully saturated rings. The average molecular weight is 347 g/mol. The molecule has 1 N–H and O–H groups in total. The Balaban J connectivity index is 1.59. The number of carbonyl (C=O) groups is 1. The van der Waals surface area contributed by atoms with Gasteiger partial charge in [0.25, 0.3) is 5.89 Å². The maximum atomic E-state index is 13.7. The Morgan fingerprint density at radius 2 is 1.80 bits per heavy atom. The predicted octanol–water partition coefficient (Wildman–Crippen LogP) is 3.73. The van der Waals surface area contributed by atoms with E-state index in [1.807, 2.05) is 0 Å². The molecule has 0 saturated carbocycles. The molecule has 0 bridgehead atoms. The summed E-state index contributed by atoms with van der Waals surface area (Å²) in [6.45, 7) is 0. The standard InChI is InChI=1S/C17H12F3N3O2/c18-12-4-2-1-3-11(12)17-23-22-16(25-17)8-7-15(24)21-10-5-6-13(19)14(20)9-10/h1-6,9H,7-8H2,(H,21,24). The summed E-state index contributed by atoms with van der Waals surface area (Å²) in [6.07, 6.45) is 0.106. The summed E-state index contributed by atoms with van der Waals surface area (Å²) in [4.78, 5) is 11.8. The van der Waals surface area contributed by atoms with Crippen molar-refractivity contribution in [1.29, 1.82) is 0 Å². The number of carbonyl (C=O) groups excluding carboxylic acids is 1. The first-order chi connectivity index (χ1) is 12.0. The molecule has 2 aromatic carbocycles. The van der Waals surface area contributed by atoms with Crippen LogP contribution < -0.4 is 5.32 Å². The van der Waals surface area contributed by atoms with Crippen LogP contribution in [-0.4, -0.2) is 16.1 Å². The fourth-order valence-electron chi connectivity index (χ4n) is 2.12. The van der Waals surface area contributed by atoms with Crippen LogP contribution in [0.2, 0.25) is 0 Å². The first kappa shape index (κ1) is 16.7. The maximum Gasteiger partial charge on any atom is 0.250 e. The molecule has 25 heavy (non-hydrogen) atoms. The number of benzene rings is 2. The topological polar surface area (TPSA) is 68.0 Å². The Labute approximate surface area is 140 Å². The van der Waals surface area contributed by atoms with E-state index in [9.17, 15) is 18.0 Å². The van der Waals surface area contributed by atoms with Crippen molar-refractivity contribution in [1.82, 2.24) is 10.2 Å². The van der Waals surface area contributed by atoms with Crippen molar-refractivity contribution in [3.8, 4) is 11.5 Å². The van der Waals surface area contributed by atoms with Crippen LogP contribution >= 0.6 is 0 Å². The summed E-state index contributed by atoms with van der Waals surface area (Å²) in [7, 11) is 0. The monoisotopic (exact) mass is 347 g/mol. The van der Waals surface area contributed by atoms with E-state index < -0.39 is 23.4 Å². The van der Waals surface area contributed by atoms with Crippen molar-refractivity contribution in [3.63, 3.8) is 0 Å². The van der Waals surface area contributed by atoms with Crippen LogP contribution in [0.5, 0.6) is 0 Å². The molecular weight excluding hydrogens is 335 g/mol. The molecular formula is C17H12F3N3O2. The Morgan fingerprint density at radius 1 is 1.00 bits per heavy atom.